The Kier molecular flexibility index (Phi) is 10.6. The van der Waals surface area contributed by atoms with Gasteiger partial charge in [-0.1, -0.05) is 58.3 Å². The maximum Gasteiger partial charge on any atom is 0.0307 e. The van der Waals surface area contributed by atoms with Gasteiger partial charge in [-0.3, -0.25) is 0 Å². The first-order valence-electron chi connectivity index (χ1n) is 5.91. The van der Waals surface area contributed by atoms with E-state index in [0.29, 0.717) is 5.38 Å². The molecule has 0 rings (SSSR count). The second-order valence-corrected chi connectivity index (χ2v) is 4.79. The minimum absolute atomic E-state index is 0.375. The summed E-state index contributed by atoms with van der Waals surface area (Å²) in [6.45, 7) is 4.35. The van der Waals surface area contributed by atoms with Gasteiger partial charge in [-0.05, 0) is 13.3 Å². The van der Waals surface area contributed by atoms with Crippen LogP contribution in [-0.4, -0.2) is 5.38 Å². The topological polar surface area (TPSA) is 0 Å². The molecular formula is C12H25Cl. The van der Waals surface area contributed by atoms with Crippen LogP contribution in [-0.2, 0) is 0 Å². The van der Waals surface area contributed by atoms with Crippen LogP contribution >= 0.6 is 11.6 Å². The molecule has 0 aromatic carbocycles. The van der Waals surface area contributed by atoms with Crippen LogP contribution in [0.25, 0.3) is 0 Å². The summed E-state index contributed by atoms with van der Waals surface area (Å²) < 4.78 is 0. The Hall–Kier alpha value is 0.290. The van der Waals surface area contributed by atoms with Gasteiger partial charge < -0.3 is 0 Å². The lowest BCUT2D eigenvalue weighted by atomic mass is 10.1. The Balaban J connectivity index is 2.84. The van der Waals surface area contributed by atoms with Gasteiger partial charge in [-0.25, -0.2) is 0 Å². The fraction of sp³-hybridized carbons (Fsp3) is 1.00. The average molecular weight is 205 g/mol. The van der Waals surface area contributed by atoms with Crippen molar-refractivity contribution in [3.05, 3.63) is 0 Å². The van der Waals surface area contributed by atoms with Crippen molar-refractivity contribution in [2.24, 2.45) is 0 Å². The maximum atomic E-state index is 5.86. The molecule has 0 aliphatic heterocycles. The van der Waals surface area contributed by atoms with Crippen molar-refractivity contribution < 1.29 is 0 Å². The molecule has 0 nitrogen and oxygen atoms in total. The van der Waals surface area contributed by atoms with Gasteiger partial charge in [-0.15, -0.1) is 11.6 Å². The second kappa shape index (κ2) is 10.4. The van der Waals surface area contributed by atoms with E-state index in [9.17, 15) is 0 Å². The molecule has 0 aliphatic rings. The van der Waals surface area contributed by atoms with E-state index < -0.39 is 0 Å². The van der Waals surface area contributed by atoms with Crippen LogP contribution < -0.4 is 0 Å². The molecule has 0 spiro atoms. The van der Waals surface area contributed by atoms with Gasteiger partial charge >= 0.3 is 0 Å². The number of hydrogen-bond donors (Lipinski definition) is 0. The minimum Gasteiger partial charge on any atom is -0.123 e. The Labute approximate surface area is 89.1 Å². The zero-order chi connectivity index (χ0) is 9.94. The summed E-state index contributed by atoms with van der Waals surface area (Å²) in [5.74, 6) is 0. The molecule has 0 unspecified atom stereocenters. The first kappa shape index (κ1) is 13.3. The van der Waals surface area contributed by atoms with Gasteiger partial charge in [0.25, 0.3) is 0 Å². The molecule has 0 aromatic heterocycles. The van der Waals surface area contributed by atoms with E-state index in [1.165, 1.54) is 57.8 Å². The highest BCUT2D eigenvalue weighted by Gasteiger charge is 1.95. The fourth-order valence-corrected chi connectivity index (χ4v) is 1.71. The molecule has 0 amide bonds. The number of hydrogen-bond acceptors (Lipinski definition) is 0. The van der Waals surface area contributed by atoms with Crippen molar-refractivity contribution in [3.8, 4) is 0 Å². The van der Waals surface area contributed by atoms with Crippen LogP contribution in [0.3, 0.4) is 0 Å². The summed E-state index contributed by atoms with van der Waals surface area (Å²) in [5.41, 5.74) is 0. The molecule has 0 saturated heterocycles. The van der Waals surface area contributed by atoms with Crippen molar-refractivity contribution >= 4 is 11.6 Å². The third kappa shape index (κ3) is 12.3. The van der Waals surface area contributed by atoms with Gasteiger partial charge in [0.2, 0.25) is 0 Å². The van der Waals surface area contributed by atoms with E-state index in [1.54, 1.807) is 0 Å². The Morgan fingerprint density at radius 3 is 1.77 bits per heavy atom. The lowest BCUT2D eigenvalue weighted by molar-refractivity contribution is 0.563. The molecule has 0 fully saturated rings. The standard InChI is InChI=1S/C12H25Cl/c1-3-4-5-6-7-8-9-10-11-12(2)13/h12H,3-11H2,1-2H3/t12-/m1/s1. The van der Waals surface area contributed by atoms with Crippen LogP contribution in [0.2, 0.25) is 0 Å². The fourth-order valence-electron chi connectivity index (χ4n) is 1.56. The molecule has 0 bridgehead atoms. The second-order valence-electron chi connectivity index (χ2n) is 4.04. The van der Waals surface area contributed by atoms with Crippen molar-refractivity contribution in [2.75, 3.05) is 0 Å². The van der Waals surface area contributed by atoms with E-state index >= 15 is 0 Å². The summed E-state index contributed by atoms with van der Waals surface area (Å²) >= 11 is 5.86. The summed E-state index contributed by atoms with van der Waals surface area (Å²) in [5, 5.41) is 0.375. The maximum absolute atomic E-state index is 5.86. The van der Waals surface area contributed by atoms with E-state index in [-0.39, 0.29) is 0 Å². The Morgan fingerprint density at radius 2 is 1.31 bits per heavy atom. The molecule has 13 heavy (non-hydrogen) atoms. The van der Waals surface area contributed by atoms with E-state index in [0.717, 1.165) is 0 Å². The van der Waals surface area contributed by atoms with Crippen LogP contribution in [0.5, 0.6) is 0 Å². The largest absolute Gasteiger partial charge is 0.123 e. The number of halogens is 1. The smallest absolute Gasteiger partial charge is 0.0307 e. The zero-order valence-electron chi connectivity index (χ0n) is 9.32. The summed E-state index contributed by atoms with van der Waals surface area (Å²) in [6, 6.07) is 0. The highest BCUT2D eigenvalue weighted by molar-refractivity contribution is 6.20. The third-order valence-electron chi connectivity index (χ3n) is 2.46. The van der Waals surface area contributed by atoms with E-state index in [1.807, 2.05) is 0 Å². The van der Waals surface area contributed by atoms with Crippen LogP contribution in [0.15, 0.2) is 0 Å². The van der Waals surface area contributed by atoms with Gasteiger partial charge in [0.15, 0.2) is 0 Å². The molecule has 1 atom stereocenters. The highest BCUT2D eigenvalue weighted by Crippen LogP contribution is 2.12. The molecule has 0 saturated carbocycles. The van der Waals surface area contributed by atoms with Crippen molar-refractivity contribution in [1.29, 1.82) is 0 Å². The zero-order valence-corrected chi connectivity index (χ0v) is 10.1. The van der Waals surface area contributed by atoms with Gasteiger partial charge in [0.05, 0.1) is 0 Å². The Morgan fingerprint density at radius 1 is 0.846 bits per heavy atom. The summed E-state index contributed by atoms with van der Waals surface area (Å²) in [4.78, 5) is 0. The SMILES string of the molecule is CCCCCCCCCC[C@@H](C)Cl. The van der Waals surface area contributed by atoms with E-state index in [4.69, 9.17) is 11.6 Å². The lowest BCUT2D eigenvalue weighted by Crippen LogP contribution is -1.89. The normalized spacial score (nSPS) is 13.2. The van der Waals surface area contributed by atoms with Crippen LogP contribution in [0.4, 0.5) is 0 Å². The van der Waals surface area contributed by atoms with Crippen molar-refractivity contribution in [1.82, 2.24) is 0 Å². The van der Waals surface area contributed by atoms with Crippen LogP contribution in [0.1, 0.15) is 71.6 Å². The summed E-state index contributed by atoms with van der Waals surface area (Å²) in [7, 11) is 0. The number of rotatable bonds is 9. The van der Waals surface area contributed by atoms with Crippen molar-refractivity contribution in [3.63, 3.8) is 0 Å². The molecule has 80 valence electrons. The van der Waals surface area contributed by atoms with Crippen LogP contribution in [0, 0.1) is 0 Å². The Bertz CT molecular complexity index is 89.1. The molecule has 0 radical (unpaired) electrons. The first-order valence-corrected chi connectivity index (χ1v) is 6.35. The minimum atomic E-state index is 0.375. The first-order chi connectivity index (χ1) is 6.27. The monoisotopic (exact) mass is 204 g/mol. The lowest BCUT2D eigenvalue weighted by Gasteiger charge is -2.02. The number of alkyl halides is 1. The molecule has 0 aromatic rings. The molecule has 0 N–H and O–H groups in total. The highest BCUT2D eigenvalue weighted by atomic mass is 35.5. The van der Waals surface area contributed by atoms with Gasteiger partial charge in [0.1, 0.15) is 0 Å². The molecule has 1 heteroatoms. The van der Waals surface area contributed by atoms with E-state index in [2.05, 4.69) is 13.8 Å². The van der Waals surface area contributed by atoms with Gasteiger partial charge in [-0.2, -0.15) is 0 Å². The third-order valence-corrected chi connectivity index (χ3v) is 2.67. The quantitative estimate of drug-likeness (QED) is 0.360. The van der Waals surface area contributed by atoms with Gasteiger partial charge in [0, 0.05) is 5.38 Å². The number of unbranched alkanes of at least 4 members (excludes halogenated alkanes) is 7. The predicted octanol–water partition coefficient (Wildman–Crippen LogP) is 5.14. The molecule has 0 heterocycles. The average Bonchev–Trinajstić information content (AvgIpc) is 2.09. The summed E-state index contributed by atoms with van der Waals surface area (Å²) in [6.07, 6.45) is 12.4. The molecular weight excluding hydrogens is 180 g/mol. The van der Waals surface area contributed by atoms with Crippen molar-refractivity contribution in [2.45, 2.75) is 77.0 Å². The molecule has 0 aliphatic carbocycles. The predicted molar refractivity (Wildman–Crippen MR) is 62.5 cm³/mol.